The van der Waals surface area contributed by atoms with Gasteiger partial charge in [-0.15, -0.1) is 0 Å². The molecule has 3 aromatic carbocycles. The first-order valence-electron chi connectivity index (χ1n) is 20.0. The van der Waals surface area contributed by atoms with E-state index in [1.54, 1.807) is 31.6 Å². The molecule has 3 heterocycles. The molecule has 3 aromatic heterocycles. The first kappa shape index (κ1) is 40.5. The zero-order valence-corrected chi connectivity index (χ0v) is 33.7. The summed E-state index contributed by atoms with van der Waals surface area (Å²) in [6.07, 6.45) is 6.74. The molecule has 8 rings (SSSR count). The van der Waals surface area contributed by atoms with Gasteiger partial charge in [-0.05, 0) is 93.3 Å². The van der Waals surface area contributed by atoms with Gasteiger partial charge in [0.05, 0.1) is 46.8 Å². The molecule has 2 atom stereocenters. The van der Waals surface area contributed by atoms with Crippen LogP contribution in [0.3, 0.4) is 0 Å². The first-order valence-corrected chi connectivity index (χ1v) is 20.4. The molecule has 2 saturated carbocycles. The van der Waals surface area contributed by atoms with Crippen molar-refractivity contribution in [2.45, 2.75) is 89.1 Å². The number of aliphatic carboxylic acids is 1. The monoisotopic (exact) mass is 824 g/mol. The summed E-state index contributed by atoms with van der Waals surface area (Å²) in [5, 5.41) is 32.1. The number of rotatable bonds is 14. The van der Waals surface area contributed by atoms with Crippen molar-refractivity contribution in [1.82, 2.24) is 34.9 Å². The molecule has 12 nitrogen and oxygen atoms in total. The lowest BCUT2D eigenvalue weighted by atomic mass is 9.83. The Bertz CT molecular complexity index is 2480. The molecule has 2 aliphatic carbocycles. The molecule has 6 aromatic rings. The van der Waals surface area contributed by atoms with Crippen LogP contribution in [0.5, 0.6) is 5.75 Å². The third-order valence-corrected chi connectivity index (χ3v) is 12.3. The van der Waals surface area contributed by atoms with E-state index in [0.717, 1.165) is 78.2 Å². The normalized spacial score (nSPS) is 19.6. The number of aliphatic hydroxyl groups excluding tert-OH is 1. The molecular formula is C44H47ClF2N8O4. The summed E-state index contributed by atoms with van der Waals surface area (Å²) in [4.78, 5) is 26.4. The van der Waals surface area contributed by atoms with Crippen molar-refractivity contribution in [3.05, 3.63) is 95.0 Å². The number of fused-ring (bicyclic) bond motifs is 2. The van der Waals surface area contributed by atoms with E-state index in [2.05, 4.69) is 30.5 Å². The van der Waals surface area contributed by atoms with Gasteiger partial charge < -0.3 is 25.6 Å². The van der Waals surface area contributed by atoms with Gasteiger partial charge in [-0.2, -0.15) is 5.10 Å². The molecule has 2 fully saturated rings. The smallest absolute Gasteiger partial charge is 0.303 e. The van der Waals surface area contributed by atoms with Crippen LogP contribution in [-0.2, 0) is 17.9 Å². The highest BCUT2D eigenvalue weighted by Crippen LogP contribution is 2.40. The van der Waals surface area contributed by atoms with Gasteiger partial charge in [0, 0.05) is 60.4 Å². The predicted molar refractivity (Wildman–Crippen MR) is 224 cm³/mol. The molecule has 0 aliphatic heterocycles. The molecule has 0 amide bonds. The minimum absolute atomic E-state index is 0.0722. The molecule has 4 N–H and O–H groups in total. The van der Waals surface area contributed by atoms with Crippen LogP contribution in [0.1, 0.15) is 74.7 Å². The fourth-order valence-corrected chi connectivity index (χ4v) is 8.96. The van der Waals surface area contributed by atoms with Gasteiger partial charge in [0.15, 0.2) is 11.6 Å². The highest BCUT2D eigenvalue weighted by atomic mass is 35.5. The summed E-state index contributed by atoms with van der Waals surface area (Å²) in [6, 6.07) is 19.4. The number of ether oxygens (including phenoxy) is 1. The molecule has 59 heavy (non-hydrogen) atoms. The Morgan fingerprint density at radius 3 is 2.56 bits per heavy atom. The Labute approximate surface area is 345 Å². The number of aromatic nitrogens is 5. The number of hydrogen-bond donors (Lipinski definition) is 4. The van der Waals surface area contributed by atoms with Crippen molar-refractivity contribution in [1.29, 1.82) is 0 Å². The van der Waals surface area contributed by atoms with Crippen molar-refractivity contribution in [3.63, 3.8) is 0 Å². The van der Waals surface area contributed by atoms with Gasteiger partial charge >= 0.3 is 5.97 Å². The second kappa shape index (κ2) is 17.5. The summed E-state index contributed by atoms with van der Waals surface area (Å²) in [7, 11) is 3.66. The lowest BCUT2D eigenvalue weighted by Gasteiger charge is -2.34. The van der Waals surface area contributed by atoms with Crippen LogP contribution in [0.2, 0.25) is 5.02 Å². The Balaban J connectivity index is 1.04. The standard InChI is InChI=1S/C44H47ClF2N8O4/c1-54(28-15-12-25(13-16-28)19-39(57)58)24-26-18-35-41(49-21-26)43(53-44(52-35)42(46)47)51-34-9-3-7-31(40(34)45)30-6-4-10-36-32(30)23-50-55(36)29-17-14-27(38(20-29)59-2)22-48-33-8-5-11-37(33)56/h3-4,6-7,9-10,14,17-18,20-21,23,25,28,33,37,42,48,56H,5,8,11-13,15-16,19,22,24H2,1-2H3,(H,57,58)(H,51,52,53). The van der Waals surface area contributed by atoms with Crippen molar-refractivity contribution in [2.75, 3.05) is 19.5 Å². The highest BCUT2D eigenvalue weighted by molar-refractivity contribution is 6.36. The van der Waals surface area contributed by atoms with E-state index in [9.17, 15) is 23.8 Å². The van der Waals surface area contributed by atoms with Crippen molar-refractivity contribution in [3.8, 4) is 22.6 Å². The van der Waals surface area contributed by atoms with E-state index in [1.165, 1.54) is 0 Å². The van der Waals surface area contributed by atoms with Crippen molar-refractivity contribution < 1.29 is 28.5 Å². The van der Waals surface area contributed by atoms with E-state index in [1.807, 2.05) is 60.3 Å². The Hall–Kier alpha value is -5.28. The second-order valence-electron chi connectivity index (χ2n) is 15.7. The molecule has 0 radical (unpaired) electrons. The van der Waals surface area contributed by atoms with E-state index >= 15 is 0 Å². The number of halogens is 3. The Morgan fingerprint density at radius 1 is 1.02 bits per heavy atom. The zero-order chi connectivity index (χ0) is 41.2. The number of anilines is 2. The van der Waals surface area contributed by atoms with Crippen LogP contribution in [0, 0.1) is 5.92 Å². The van der Waals surface area contributed by atoms with Gasteiger partial charge in [0.25, 0.3) is 6.43 Å². The fraction of sp³-hybridized carbons (Fsp3) is 0.386. The minimum Gasteiger partial charge on any atom is -0.496 e. The predicted octanol–water partition coefficient (Wildman–Crippen LogP) is 8.84. The lowest BCUT2D eigenvalue weighted by Crippen LogP contribution is -2.35. The van der Waals surface area contributed by atoms with E-state index < -0.39 is 18.2 Å². The molecule has 0 spiro atoms. The van der Waals surface area contributed by atoms with Gasteiger partial charge in [-0.25, -0.2) is 23.4 Å². The van der Waals surface area contributed by atoms with Crippen molar-refractivity contribution >= 4 is 51.0 Å². The maximum Gasteiger partial charge on any atom is 0.303 e. The molecule has 15 heteroatoms. The van der Waals surface area contributed by atoms with Gasteiger partial charge in [-0.1, -0.05) is 41.9 Å². The SMILES string of the molecule is COc1cc(-n2ncc3c(-c4cccc(Nc5nc(C(F)F)nc6cc(CN(C)C7CCC(CC(=O)O)CC7)cnc56)c4Cl)cccc32)ccc1CNC1CCCC1O. The average Bonchev–Trinajstić information content (AvgIpc) is 3.86. The number of aliphatic hydroxyl groups is 1. The summed E-state index contributed by atoms with van der Waals surface area (Å²) in [5.41, 5.74) is 6.06. The third-order valence-electron chi connectivity index (χ3n) is 11.8. The number of carboxylic acids is 1. The minimum atomic E-state index is -2.91. The second-order valence-corrected chi connectivity index (χ2v) is 16.1. The highest BCUT2D eigenvalue weighted by Gasteiger charge is 2.27. The van der Waals surface area contributed by atoms with E-state index in [0.29, 0.717) is 40.6 Å². The maximum atomic E-state index is 14.2. The molecular weight excluding hydrogens is 778 g/mol. The van der Waals surface area contributed by atoms with Crippen LogP contribution in [0.4, 0.5) is 20.3 Å². The molecule has 308 valence electrons. The van der Waals surface area contributed by atoms with Crippen LogP contribution in [0.25, 0.3) is 38.8 Å². The molecule has 2 unspecified atom stereocenters. The van der Waals surface area contributed by atoms with E-state index in [4.69, 9.17) is 21.4 Å². The van der Waals surface area contributed by atoms with Gasteiger partial charge in [-0.3, -0.25) is 14.7 Å². The number of hydrogen-bond acceptors (Lipinski definition) is 10. The number of carbonyl (C=O) groups is 1. The van der Waals surface area contributed by atoms with Gasteiger partial charge in [0.1, 0.15) is 11.3 Å². The fourth-order valence-electron chi connectivity index (χ4n) is 8.69. The van der Waals surface area contributed by atoms with Crippen molar-refractivity contribution in [2.24, 2.45) is 5.92 Å². The summed E-state index contributed by atoms with van der Waals surface area (Å²) < 4.78 is 36.0. The third kappa shape index (κ3) is 8.72. The summed E-state index contributed by atoms with van der Waals surface area (Å²) in [5.74, 6) is -0.363. The number of benzene rings is 3. The van der Waals surface area contributed by atoms with Crippen LogP contribution < -0.4 is 15.4 Å². The molecule has 0 saturated heterocycles. The Kier molecular flexibility index (Phi) is 12.0. The first-order chi connectivity index (χ1) is 28.6. The number of nitrogens with zero attached hydrogens (tertiary/aromatic N) is 6. The average molecular weight is 825 g/mol. The van der Waals surface area contributed by atoms with Crippen LogP contribution >= 0.6 is 11.6 Å². The number of pyridine rings is 1. The van der Waals surface area contributed by atoms with Crippen LogP contribution in [0.15, 0.2) is 73.1 Å². The maximum absolute atomic E-state index is 14.2. The summed E-state index contributed by atoms with van der Waals surface area (Å²) >= 11 is 7.13. The van der Waals surface area contributed by atoms with E-state index in [-0.39, 0.29) is 41.9 Å². The topological polar surface area (TPSA) is 151 Å². The Morgan fingerprint density at radius 2 is 1.81 bits per heavy atom. The van der Waals surface area contributed by atoms with Gasteiger partial charge in [0.2, 0.25) is 0 Å². The quantitative estimate of drug-likeness (QED) is 0.0835. The number of carboxylic acid groups (broad SMARTS) is 1. The number of nitrogens with one attached hydrogen (secondary N) is 2. The van der Waals surface area contributed by atoms with Crippen LogP contribution in [-0.4, -0.2) is 78.2 Å². The zero-order valence-electron chi connectivity index (χ0n) is 32.9. The lowest BCUT2D eigenvalue weighted by molar-refractivity contribution is -0.138. The number of alkyl halides is 2. The largest absolute Gasteiger partial charge is 0.496 e. The molecule has 2 aliphatic rings. The summed E-state index contributed by atoms with van der Waals surface area (Å²) in [6.45, 7) is 1.11. The number of methoxy groups -OCH3 is 1. The molecule has 0 bridgehead atoms.